The Morgan fingerprint density at radius 1 is 1.18 bits per heavy atom. The van der Waals surface area contributed by atoms with Crippen LogP contribution in [0, 0.1) is 0 Å². The molecular weight excluding hydrogens is 392 g/mol. The summed E-state index contributed by atoms with van der Waals surface area (Å²) < 4.78 is 27.5. The highest BCUT2D eigenvalue weighted by Gasteiger charge is 2.24. The lowest BCUT2D eigenvalue weighted by Crippen LogP contribution is -2.25. The SMILES string of the molecule is CN(c1ccc2[nH]c3nccc(N4CCCC4)c3c2c1)S(=O)(=O)c1cccs1. The second kappa shape index (κ2) is 6.49. The molecule has 3 aromatic heterocycles. The molecule has 144 valence electrons. The number of sulfonamides is 1. The van der Waals surface area contributed by atoms with Crippen LogP contribution in [0.1, 0.15) is 12.8 Å². The van der Waals surface area contributed by atoms with Gasteiger partial charge in [0.25, 0.3) is 10.0 Å². The van der Waals surface area contributed by atoms with Crippen molar-refractivity contribution in [3.63, 3.8) is 0 Å². The van der Waals surface area contributed by atoms with Gasteiger partial charge in [-0.3, -0.25) is 4.31 Å². The molecule has 0 saturated carbocycles. The normalized spacial score (nSPS) is 15.0. The molecule has 4 heterocycles. The van der Waals surface area contributed by atoms with Crippen LogP contribution < -0.4 is 9.21 Å². The van der Waals surface area contributed by atoms with E-state index in [-0.39, 0.29) is 0 Å². The van der Waals surface area contributed by atoms with Crippen LogP contribution in [-0.2, 0) is 10.0 Å². The third kappa shape index (κ3) is 2.67. The molecule has 8 heteroatoms. The Kier molecular flexibility index (Phi) is 4.06. The van der Waals surface area contributed by atoms with Gasteiger partial charge < -0.3 is 9.88 Å². The van der Waals surface area contributed by atoms with Gasteiger partial charge in [0.2, 0.25) is 0 Å². The maximum absolute atomic E-state index is 12.9. The van der Waals surface area contributed by atoms with Gasteiger partial charge in [-0.15, -0.1) is 11.3 Å². The number of nitrogens with zero attached hydrogens (tertiary/aromatic N) is 3. The van der Waals surface area contributed by atoms with Crippen molar-refractivity contribution in [1.82, 2.24) is 9.97 Å². The highest BCUT2D eigenvalue weighted by atomic mass is 32.2. The third-order valence-corrected chi connectivity index (χ3v) is 8.53. The highest BCUT2D eigenvalue weighted by molar-refractivity contribution is 7.94. The van der Waals surface area contributed by atoms with E-state index >= 15 is 0 Å². The quantitative estimate of drug-likeness (QED) is 0.545. The first kappa shape index (κ1) is 17.5. The Labute approximate surface area is 167 Å². The molecule has 5 rings (SSSR count). The van der Waals surface area contributed by atoms with Gasteiger partial charge in [-0.2, -0.15) is 0 Å². The summed E-state index contributed by atoms with van der Waals surface area (Å²) in [4.78, 5) is 10.3. The summed E-state index contributed by atoms with van der Waals surface area (Å²) in [7, 11) is -1.96. The maximum Gasteiger partial charge on any atom is 0.273 e. The number of thiophene rings is 1. The number of aromatic amines is 1. The first-order valence-electron chi connectivity index (χ1n) is 9.23. The largest absolute Gasteiger partial charge is 0.371 e. The van der Waals surface area contributed by atoms with Gasteiger partial charge in [0.05, 0.1) is 11.1 Å². The summed E-state index contributed by atoms with van der Waals surface area (Å²) in [5.41, 5.74) is 3.59. The molecule has 1 N–H and O–H groups in total. The standard InChI is InChI=1S/C20H20N4O2S2/c1-23(28(25,26)18-5-4-12-27-18)14-6-7-16-15(13-14)19-17(24-10-2-3-11-24)8-9-21-20(19)22-16/h4-9,12-13H,2-3,10-11H2,1H3,(H,21,22). The second-order valence-electron chi connectivity index (χ2n) is 7.01. The van der Waals surface area contributed by atoms with Crippen LogP contribution in [0.5, 0.6) is 0 Å². The van der Waals surface area contributed by atoms with Crippen molar-refractivity contribution in [1.29, 1.82) is 0 Å². The zero-order valence-corrected chi connectivity index (χ0v) is 17.1. The zero-order chi connectivity index (χ0) is 19.3. The molecule has 0 aliphatic carbocycles. The van der Waals surface area contributed by atoms with Crippen LogP contribution in [0.3, 0.4) is 0 Å². The number of rotatable bonds is 4. The summed E-state index contributed by atoms with van der Waals surface area (Å²) in [6, 6.07) is 11.2. The fourth-order valence-electron chi connectivity index (χ4n) is 3.89. The topological polar surface area (TPSA) is 69.3 Å². The summed E-state index contributed by atoms with van der Waals surface area (Å²) in [5, 5.41) is 3.83. The minimum absolute atomic E-state index is 0.341. The predicted octanol–water partition coefficient (Wildman–Crippen LogP) is 4.20. The first-order valence-corrected chi connectivity index (χ1v) is 11.6. The molecule has 1 saturated heterocycles. The molecule has 0 radical (unpaired) electrons. The third-order valence-electron chi connectivity index (χ3n) is 5.37. The van der Waals surface area contributed by atoms with Crippen molar-refractivity contribution < 1.29 is 8.42 Å². The molecule has 28 heavy (non-hydrogen) atoms. The van der Waals surface area contributed by atoms with Crippen LogP contribution in [-0.4, -0.2) is 38.5 Å². The lowest BCUT2D eigenvalue weighted by molar-refractivity contribution is 0.596. The average molecular weight is 413 g/mol. The van der Waals surface area contributed by atoms with E-state index in [9.17, 15) is 8.42 Å². The number of fused-ring (bicyclic) bond motifs is 3. The fraction of sp³-hybridized carbons (Fsp3) is 0.250. The molecular formula is C20H20N4O2S2. The Balaban J connectivity index is 1.67. The van der Waals surface area contributed by atoms with Crippen molar-refractivity contribution >= 4 is 54.7 Å². The lowest BCUT2D eigenvalue weighted by atomic mass is 10.1. The molecule has 0 atom stereocenters. The van der Waals surface area contributed by atoms with Crippen molar-refractivity contribution in [3.8, 4) is 0 Å². The van der Waals surface area contributed by atoms with Crippen molar-refractivity contribution in [2.24, 2.45) is 0 Å². The van der Waals surface area contributed by atoms with E-state index < -0.39 is 10.0 Å². The number of H-pyrrole nitrogens is 1. The van der Waals surface area contributed by atoms with Crippen molar-refractivity contribution in [3.05, 3.63) is 48.0 Å². The molecule has 0 unspecified atom stereocenters. The zero-order valence-electron chi connectivity index (χ0n) is 15.4. The summed E-state index contributed by atoms with van der Waals surface area (Å²) in [6.07, 6.45) is 4.22. The average Bonchev–Trinajstić information content (AvgIpc) is 3.47. The van der Waals surface area contributed by atoms with E-state index in [0.29, 0.717) is 9.90 Å². The lowest BCUT2D eigenvalue weighted by Gasteiger charge is -2.20. The Hall–Kier alpha value is -2.58. The number of aromatic nitrogens is 2. The van der Waals surface area contributed by atoms with Crippen LogP contribution >= 0.6 is 11.3 Å². The predicted molar refractivity (Wildman–Crippen MR) is 115 cm³/mol. The van der Waals surface area contributed by atoms with Crippen LogP contribution in [0.2, 0.25) is 0 Å². The van der Waals surface area contributed by atoms with Gasteiger partial charge in [-0.1, -0.05) is 6.07 Å². The molecule has 4 aromatic rings. The van der Waals surface area contributed by atoms with Gasteiger partial charge >= 0.3 is 0 Å². The van der Waals surface area contributed by atoms with E-state index in [4.69, 9.17) is 0 Å². The number of nitrogens with one attached hydrogen (secondary N) is 1. The van der Waals surface area contributed by atoms with Crippen LogP contribution in [0.15, 0.2) is 52.2 Å². The minimum Gasteiger partial charge on any atom is -0.371 e. The maximum atomic E-state index is 12.9. The van der Waals surface area contributed by atoms with Gasteiger partial charge in [-0.25, -0.2) is 13.4 Å². The van der Waals surface area contributed by atoms with Crippen molar-refractivity contribution in [2.45, 2.75) is 17.1 Å². The fourth-order valence-corrected chi connectivity index (χ4v) is 6.24. The van der Waals surface area contributed by atoms with Crippen molar-refractivity contribution in [2.75, 3.05) is 29.3 Å². The minimum atomic E-state index is -3.56. The first-order chi connectivity index (χ1) is 13.6. The second-order valence-corrected chi connectivity index (χ2v) is 10.2. The Bertz CT molecular complexity index is 1260. The summed E-state index contributed by atoms with van der Waals surface area (Å²) >= 11 is 1.23. The van der Waals surface area contributed by atoms with Crippen LogP contribution in [0.4, 0.5) is 11.4 Å². The number of anilines is 2. The molecule has 1 aromatic carbocycles. The van der Waals surface area contributed by atoms with Gasteiger partial charge in [0.1, 0.15) is 9.86 Å². The summed E-state index contributed by atoms with van der Waals surface area (Å²) in [6.45, 7) is 2.08. The molecule has 0 amide bonds. The van der Waals surface area contributed by atoms with E-state index in [1.54, 1.807) is 24.6 Å². The number of hydrogen-bond donors (Lipinski definition) is 1. The van der Waals surface area contributed by atoms with E-state index in [1.807, 2.05) is 24.4 Å². The smallest absolute Gasteiger partial charge is 0.273 e. The van der Waals surface area contributed by atoms with Crippen LogP contribution in [0.25, 0.3) is 21.9 Å². The molecule has 1 fully saturated rings. The monoisotopic (exact) mass is 412 g/mol. The number of hydrogen-bond acceptors (Lipinski definition) is 5. The molecule has 1 aliphatic heterocycles. The number of benzene rings is 1. The highest BCUT2D eigenvalue weighted by Crippen LogP contribution is 2.36. The Morgan fingerprint density at radius 2 is 2.00 bits per heavy atom. The Morgan fingerprint density at radius 3 is 2.75 bits per heavy atom. The molecule has 6 nitrogen and oxygen atoms in total. The van der Waals surface area contributed by atoms with Gasteiger partial charge in [-0.05, 0) is 48.6 Å². The summed E-state index contributed by atoms with van der Waals surface area (Å²) in [5.74, 6) is 0. The van der Waals surface area contributed by atoms with E-state index in [2.05, 4.69) is 20.9 Å². The van der Waals surface area contributed by atoms with Gasteiger partial charge in [0, 0.05) is 42.9 Å². The molecule has 0 bridgehead atoms. The van der Waals surface area contributed by atoms with E-state index in [1.165, 1.54) is 28.5 Å². The number of pyridine rings is 1. The molecule has 0 spiro atoms. The van der Waals surface area contributed by atoms with Gasteiger partial charge in [0.15, 0.2) is 0 Å². The van der Waals surface area contributed by atoms with E-state index in [0.717, 1.165) is 40.7 Å². The molecule has 1 aliphatic rings.